The topological polar surface area (TPSA) is 51.4 Å². The van der Waals surface area contributed by atoms with Crippen molar-refractivity contribution >= 4 is 5.69 Å². The van der Waals surface area contributed by atoms with Crippen LogP contribution >= 0.6 is 0 Å². The molecule has 2 rings (SSSR count). The summed E-state index contributed by atoms with van der Waals surface area (Å²) in [5, 5.41) is 0. The first-order chi connectivity index (χ1) is 10.1. The number of rotatable bonds is 7. The smallest absolute Gasteiger partial charge is 0.142 e. The van der Waals surface area contributed by atoms with Crippen LogP contribution in [0.3, 0.4) is 0 Å². The molecule has 0 spiro atoms. The van der Waals surface area contributed by atoms with E-state index in [0.717, 1.165) is 36.6 Å². The minimum absolute atomic E-state index is 0.666. The van der Waals surface area contributed by atoms with E-state index in [4.69, 9.17) is 10.5 Å². The summed E-state index contributed by atoms with van der Waals surface area (Å²) in [5.74, 6) is 0.764. The van der Waals surface area contributed by atoms with E-state index >= 15 is 0 Å². The Morgan fingerprint density at radius 1 is 1.14 bits per heavy atom. The molecule has 4 nitrogen and oxygen atoms in total. The molecule has 0 unspecified atom stereocenters. The molecule has 0 amide bonds. The third-order valence-electron chi connectivity index (χ3n) is 3.24. The Balaban J connectivity index is 1.70. The molecule has 1 aromatic carbocycles. The summed E-state index contributed by atoms with van der Waals surface area (Å²) in [6, 6.07) is 13.7. The highest BCUT2D eigenvalue weighted by Crippen LogP contribution is 2.19. The van der Waals surface area contributed by atoms with Gasteiger partial charge in [-0.05, 0) is 44.7 Å². The van der Waals surface area contributed by atoms with E-state index in [0.29, 0.717) is 12.3 Å². The highest BCUT2D eigenvalue weighted by atomic mass is 16.5. The zero-order valence-corrected chi connectivity index (χ0v) is 12.7. The fourth-order valence-electron chi connectivity index (χ4n) is 2.17. The standard InChI is InChI=1S/C17H23N3O/c1-14-7-5-8-15(19-14)13-20(2)11-6-12-21-17-10-4-3-9-16(17)18/h3-5,7-10H,6,11-13,18H2,1-2H3. The van der Waals surface area contributed by atoms with Crippen molar-refractivity contribution in [2.75, 3.05) is 25.9 Å². The van der Waals surface area contributed by atoms with Crippen LogP contribution in [0.1, 0.15) is 17.8 Å². The van der Waals surface area contributed by atoms with Gasteiger partial charge in [-0.15, -0.1) is 0 Å². The molecule has 112 valence electrons. The van der Waals surface area contributed by atoms with E-state index < -0.39 is 0 Å². The van der Waals surface area contributed by atoms with Crippen LogP contribution in [0.4, 0.5) is 5.69 Å². The maximum atomic E-state index is 5.84. The number of hydrogen-bond donors (Lipinski definition) is 1. The average molecular weight is 285 g/mol. The molecule has 0 atom stereocenters. The Hall–Kier alpha value is -2.07. The fourth-order valence-corrected chi connectivity index (χ4v) is 2.17. The van der Waals surface area contributed by atoms with Crippen molar-refractivity contribution < 1.29 is 4.74 Å². The van der Waals surface area contributed by atoms with Gasteiger partial charge in [0, 0.05) is 18.8 Å². The number of hydrogen-bond acceptors (Lipinski definition) is 4. The molecule has 0 fully saturated rings. The first-order valence-electron chi connectivity index (χ1n) is 7.23. The summed E-state index contributed by atoms with van der Waals surface area (Å²) in [5.41, 5.74) is 8.69. The van der Waals surface area contributed by atoms with Crippen LogP contribution in [0.2, 0.25) is 0 Å². The Morgan fingerprint density at radius 3 is 2.71 bits per heavy atom. The molecule has 2 N–H and O–H groups in total. The van der Waals surface area contributed by atoms with Crippen LogP contribution in [-0.2, 0) is 6.54 Å². The molecule has 0 aliphatic carbocycles. The summed E-state index contributed by atoms with van der Waals surface area (Å²) in [6.45, 7) is 4.50. The molecule has 0 aliphatic rings. The highest BCUT2D eigenvalue weighted by molar-refractivity contribution is 5.51. The van der Waals surface area contributed by atoms with E-state index in [1.54, 1.807) is 0 Å². The third-order valence-corrected chi connectivity index (χ3v) is 3.24. The second-order valence-electron chi connectivity index (χ2n) is 5.25. The lowest BCUT2D eigenvalue weighted by Crippen LogP contribution is -2.21. The number of ether oxygens (including phenoxy) is 1. The molecule has 1 aromatic heterocycles. The first-order valence-corrected chi connectivity index (χ1v) is 7.23. The van der Waals surface area contributed by atoms with Gasteiger partial charge in [-0.2, -0.15) is 0 Å². The number of anilines is 1. The van der Waals surface area contributed by atoms with E-state index in [-0.39, 0.29) is 0 Å². The quantitative estimate of drug-likeness (QED) is 0.628. The van der Waals surface area contributed by atoms with Gasteiger partial charge in [0.05, 0.1) is 18.0 Å². The monoisotopic (exact) mass is 285 g/mol. The number of nitrogens with zero attached hydrogens (tertiary/aromatic N) is 2. The van der Waals surface area contributed by atoms with Crippen molar-refractivity contribution in [3.8, 4) is 5.75 Å². The molecular weight excluding hydrogens is 262 g/mol. The van der Waals surface area contributed by atoms with Gasteiger partial charge in [-0.25, -0.2) is 0 Å². The van der Waals surface area contributed by atoms with Gasteiger partial charge in [0.25, 0.3) is 0 Å². The van der Waals surface area contributed by atoms with Crippen LogP contribution < -0.4 is 10.5 Å². The summed E-state index contributed by atoms with van der Waals surface area (Å²) < 4.78 is 5.69. The Bertz CT molecular complexity index is 571. The van der Waals surface area contributed by atoms with Crippen LogP contribution in [0.15, 0.2) is 42.5 Å². The Morgan fingerprint density at radius 2 is 1.95 bits per heavy atom. The lowest BCUT2D eigenvalue weighted by molar-refractivity contribution is 0.258. The van der Waals surface area contributed by atoms with Crippen molar-refractivity contribution in [1.82, 2.24) is 9.88 Å². The summed E-state index contributed by atoms with van der Waals surface area (Å²) in [4.78, 5) is 6.76. The zero-order chi connectivity index (χ0) is 15.1. The molecule has 0 aliphatic heterocycles. The van der Waals surface area contributed by atoms with Crippen LogP contribution in [0, 0.1) is 6.92 Å². The molecule has 2 aromatic rings. The Kier molecular flexibility index (Phi) is 5.58. The first kappa shape index (κ1) is 15.3. The van der Waals surface area contributed by atoms with Crippen molar-refractivity contribution in [3.63, 3.8) is 0 Å². The number of aryl methyl sites for hydroxylation is 1. The van der Waals surface area contributed by atoms with Crippen LogP contribution in [-0.4, -0.2) is 30.1 Å². The molecule has 0 radical (unpaired) electrons. The highest BCUT2D eigenvalue weighted by Gasteiger charge is 2.03. The van der Waals surface area contributed by atoms with E-state index in [1.807, 2.05) is 43.3 Å². The van der Waals surface area contributed by atoms with E-state index in [2.05, 4.69) is 23.0 Å². The summed E-state index contributed by atoms with van der Waals surface area (Å²) in [7, 11) is 2.10. The Labute approximate surface area is 126 Å². The third kappa shape index (κ3) is 5.08. The number of benzene rings is 1. The number of nitrogen functional groups attached to an aromatic ring is 1. The predicted octanol–water partition coefficient (Wildman–Crippen LogP) is 2.87. The number of pyridine rings is 1. The average Bonchev–Trinajstić information content (AvgIpc) is 2.45. The van der Waals surface area contributed by atoms with Crippen LogP contribution in [0.25, 0.3) is 0 Å². The van der Waals surface area contributed by atoms with E-state index in [9.17, 15) is 0 Å². The SMILES string of the molecule is Cc1cccc(CN(C)CCCOc2ccccc2N)n1. The van der Waals surface area contributed by atoms with Gasteiger partial charge in [0.2, 0.25) is 0 Å². The van der Waals surface area contributed by atoms with Gasteiger partial charge >= 0.3 is 0 Å². The summed E-state index contributed by atoms with van der Waals surface area (Å²) in [6.07, 6.45) is 0.955. The number of aromatic nitrogens is 1. The van der Waals surface area contributed by atoms with Gasteiger partial charge < -0.3 is 15.4 Å². The molecule has 1 heterocycles. The molecule has 0 saturated carbocycles. The molecule has 21 heavy (non-hydrogen) atoms. The minimum Gasteiger partial charge on any atom is -0.491 e. The zero-order valence-electron chi connectivity index (χ0n) is 12.7. The summed E-state index contributed by atoms with van der Waals surface area (Å²) >= 11 is 0. The predicted molar refractivity (Wildman–Crippen MR) is 86.3 cm³/mol. The van der Waals surface area contributed by atoms with Crippen molar-refractivity contribution in [3.05, 3.63) is 53.9 Å². The fraction of sp³-hybridized carbons (Fsp3) is 0.353. The maximum absolute atomic E-state index is 5.84. The van der Waals surface area contributed by atoms with Gasteiger partial charge in [0.1, 0.15) is 5.75 Å². The van der Waals surface area contributed by atoms with Gasteiger partial charge in [0.15, 0.2) is 0 Å². The second-order valence-corrected chi connectivity index (χ2v) is 5.25. The molecular formula is C17H23N3O. The van der Waals surface area contributed by atoms with Gasteiger partial charge in [-0.1, -0.05) is 18.2 Å². The van der Waals surface area contributed by atoms with Crippen molar-refractivity contribution in [1.29, 1.82) is 0 Å². The van der Waals surface area contributed by atoms with Crippen LogP contribution in [0.5, 0.6) is 5.75 Å². The molecule has 0 saturated heterocycles. The molecule has 0 bridgehead atoms. The van der Waals surface area contributed by atoms with Crippen molar-refractivity contribution in [2.24, 2.45) is 0 Å². The largest absolute Gasteiger partial charge is 0.491 e. The van der Waals surface area contributed by atoms with E-state index in [1.165, 1.54) is 0 Å². The van der Waals surface area contributed by atoms with Crippen molar-refractivity contribution in [2.45, 2.75) is 19.9 Å². The lowest BCUT2D eigenvalue weighted by Gasteiger charge is -2.16. The number of para-hydroxylation sites is 2. The second kappa shape index (κ2) is 7.64. The van der Waals surface area contributed by atoms with Gasteiger partial charge in [-0.3, -0.25) is 4.98 Å². The lowest BCUT2D eigenvalue weighted by atomic mass is 10.3. The molecule has 4 heteroatoms. The number of nitrogens with two attached hydrogens (primary N) is 1. The normalized spacial score (nSPS) is 10.8. The maximum Gasteiger partial charge on any atom is 0.142 e. The minimum atomic E-state index is 0.666.